The summed E-state index contributed by atoms with van der Waals surface area (Å²) in [6.45, 7) is 1.82. The lowest BCUT2D eigenvalue weighted by molar-refractivity contribution is 0.233. The number of aromatic nitrogens is 3. The molecule has 0 spiro atoms. The number of carbonyl (C=O) groups excluding carboxylic acids is 1. The molecule has 25 heavy (non-hydrogen) atoms. The third kappa shape index (κ3) is 3.31. The van der Waals surface area contributed by atoms with E-state index in [1.807, 2.05) is 13.0 Å². The number of pyridine rings is 1. The Labute approximate surface area is 144 Å². The van der Waals surface area contributed by atoms with E-state index in [-0.39, 0.29) is 17.9 Å². The first-order chi connectivity index (χ1) is 12.1. The maximum atomic E-state index is 13.3. The zero-order valence-electron chi connectivity index (χ0n) is 13.7. The molecule has 0 saturated heterocycles. The summed E-state index contributed by atoms with van der Waals surface area (Å²) in [4.78, 5) is 16.4. The second-order valence-corrected chi connectivity index (χ2v) is 6.40. The number of fused-ring (bicyclic) bond motifs is 1. The molecule has 128 valence electrons. The summed E-state index contributed by atoms with van der Waals surface area (Å²) < 4.78 is 14.9. The molecule has 0 radical (unpaired) electrons. The summed E-state index contributed by atoms with van der Waals surface area (Å²) in [5.74, 6) is 0.764. The number of nitrogens with zero attached hydrogens (tertiary/aromatic N) is 3. The van der Waals surface area contributed by atoms with E-state index in [2.05, 4.69) is 20.7 Å². The fourth-order valence-electron chi connectivity index (χ4n) is 3.19. The van der Waals surface area contributed by atoms with Gasteiger partial charge in [-0.15, -0.1) is 0 Å². The first kappa shape index (κ1) is 15.6. The number of carbonyl (C=O) groups is 1. The Morgan fingerprint density at radius 1 is 1.28 bits per heavy atom. The van der Waals surface area contributed by atoms with E-state index in [1.54, 1.807) is 35.0 Å². The van der Waals surface area contributed by atoms with E-state index in [0.717, 1.165) is 24.1 Å². The molecule has 2 N–H and O–H groups in total. The highest BCUT2D eigenvalue weighted by atomic mass is 19.1. The summed E-state index contributed by atoms with van der Waals surface area (Å²) >= 11 is 0. The molecule has 1 aromatic carbocycles. The molecule has 2 aromatic heterocycles. The van der Waals surface area contributed by atoms with E-state index in [4.69, 9.17) is 0 Å². The second-order valence-electron chi connectivity index (χ2n) is 6.40. The van der Waals surface area contributed by atoms with Gasteiger partial charge in [0.1, 0.15) is 11.6 Å². The molecule has 1 saturated carbocycles. The molecular formula is C18H18FN5O. The topological polar surface area (TPSA) is 71.3 Å². The zero-order chi connectivity index (χ0) is 17.4. The van der Waals surface area contributed by atoms with Crippen LogP contribution in [0.4, 0.5) is 14.9 Å². The maximum Gasteiger partial charge on any atom is 0.319 e. The van der Waals surface area contributed by atoms with Gasteiger partial charge in [-0.05, 0) is 55.5 Å². The zero-order valence-corrected chi connectivity index (χ0v) is 13.7. The number of nitrogens with one attached hydrogen (secondary N) is 2. The average Bonchev–Trinajstić information content (AvgIpc) is 2.89. The molecule has 0 unspecified atom stereocenters. The van der Waals surface area contributed by atoms with Crippen molar-refractivity contribution >= 4 is 17.4 Å². The van der Waals surface area contributed by atoms with Gasteiger partial charge in [-0.2, -0.15) is 5.10 Å². The van der Waals surface area contributed by atoms with E-state index >= 15 is 0 Å². The van der Waals surface area contributed by atoms with Crippen molar-refractivity contribution in [3.8, 4) is 0 Å². The van der Waals surface area contributed by atoms with E-state index in [1.165, 1.54) is 6.07 Å². The molecule has 1 fully saturated rings. The van der Waals surface area contributed by atoms with Gasteiger partial charge in [0, 0.05) is 6.04 Å². The molecule has 0 aliphatic heterocycles. The molecule has 0 atom stereocenters. The van der Waals surface area contributed by atoms with E-state index < -0.39 is 0 Å². The number of rotatable bonds is 3. The lowest BCUT2D eigenvalue weighted by Crippen LogP contribution is -2.45. The van der Waals surface area contributed by atoms with Crippen molar-refractivity contribution in [1.82, 2.24) is 19.9 Å². The Kier molecular flexibility index (Phi) is 3.83. The van der Waals surface area contributed by atoms with Gasteiger partial charge in [-0.1, -0.05) is 12.1 Å². The molecule has 6 nitrogen and oxygen atoms in total. The summed E-state index contributed by atoms with van der Waals surface area (Å²) in [5.41, 5.74) is 2.38. The number of benzene rings is 1. The van der Waals surface area contributed by atoms with Crippen LogP contribution in [0.1, 0.15) is 30.1 Å². The van der Waals surface area contributed by atoms with Crippen molar-refractivity contribution in [2.45, 2.75) is 31.7 Å². The van der Waals surface area contributed by atoms with Crippen molar-refractivity contribution in [1.29, 1.82) is 0 Å². The van der Waals surface area contributed by atoms with Crippen LogP contribution in [0, 0.1) is 12.7 Å². The third-order valence-corrected chi connectivity index (χ3v) is 4.49. The molecule has 2 amide bonds. The maximum absolute atomic E-state index is 13.3. The first-order valence-electron chi connectivity index (χ1n) is 8.23. The van der Waals surface area contributed by atoms with Gasteiger partial charge in [0.2, 0.25) is 0 Å². The van der Waals surface area contributed by atoms with E-state index in [0.29, 0.717) is 17.4 Å². The average molecular weight is 339 g/mol. The minimum Gasteiger partial charge on any atom is -0.335 e. The summed E-state index contributed by atoms with van der Waals surface area (Å²) in [6.07, 6.45) is 3.36. The van der Waals surface area contributed by atoms with Crippen LogP contribution in [0.2, 0.25) is 0 Å². The van der Waals surface area contributed by atoms with Gasteiger partial charge in [0.05, 0.1) is 11.9 Å². The van der Waals surface area contributed by atoms with Crippen LogP contribution >= 0.6 is 0 Å². The molecule has 1 aliphatic rings. The highest BCUT2D eigenvalue weighted by Gasteiger charge is 2.31. The normalized spacial score (nSPS) is 19.4. The summed E-state index contributed by atoms with van der Waals surface area (Å²) in [6, 6.07) is 10.1. The standard InChI is InChI=1S/C18H18FN5O/c1-11-20-17-6-5-15(10-24(17)23-11)21-18(25)22-16-8-13(9-16)12-3-2-4-14(19)7-12/h2-7,10,13,16H,8-9H2,1H3,(H2,21,22,25). The fraction of sp³-hybridized carbons (Fsp3) is 0.278. The van der Waals surface area contributed by atoms with Crippen molar-refractivity contribution < 1.29 is 9.18 Å². The Bertz CT molecular complexity index is 932. The smallest absolute Gasteiger partial charge is 0.319 e. The molecule has 2 heterocycles. The van der Waals surface area contributed by atoms with Crippen molar-refractivity contribution in [3.63, 3.8) is 0 Å². The van der Waals surface area contributed by atoms with Gasteiger partial charge in [-0.3, -0.25) is 0 Å². The molecule has 3 aromatic rings. The minimum absolute atomic E-state index is 0.102. The SMILES string of the molecule is Cc1nc2ccc(NC(=O)NC3CC(c4cccc(F)c4)C3)cn2n1. The number of hydrogen-bond acceptors (Lipinski definition) is 3. The third-order valence-electron chi connectivity index (χ3n) is 4.49. The number of anilines is 1. The van der Waals surface area contributed by atoms with Crippen molar-refractivity contribution in [2.24, 2.45) is 0 Å². The van der Waals surface area contributed by atoms with Gasteiger partial charge in [-0.25, -0.2) is 18.7 Å². The number of urea groups is 1. The van der Waals surface area contributed by atoms with Gasteiger partial charge < -0.3 is 10.6 Å². The van der Waals surface area contributed by atoms with E-state index in [9.17, 15) is 9.18 Å². The Balaban J connectivity index is 1.32. The highest BCUT2D eigenvalue weighted by molar-refractivity contribution is 5.89. The Morgan fingerprint density at radius 3 is 2.92 bits per heavy atom. The van der Waals surface area contributed by atoms with Gasteiger partial charge >= 0.3 is 6.03 Å². The monoisotopic (exact) mass is 339 g/mol. The molecule has 1 aliphatic carbocycles. The predicted molar refractivity (Wildman–Crippen MR) is 92.0 cm³/mol. The Hall–Kier alpha value is -2.96. The fourth-order valence-corrected chi connectivity index (χ4v) is 3.19. The lowest BCUT2D eigenvalue weighted by Gasteiger charge is -2.36. The largest absolute Gasteiger partial charge is 0.335 e. The van der Waals surface area contributed by atoms with Crippen LogP contribution in [0.5, 0.6) is 0 Å². The van der Waals surface area contributed by atoms with Gasteiger partial charge in [0.25, 0.3) is 0 Å². The second kappa shape index (κ2) is 6.16. The number of aryl methyl sites for hydroxylation is 1. The highest BCUT2D eigenvalue weighted by Crippen LogP contribution is 2.37. The van der Waals surface area contributed by atoms with Crippen LogP contribution in [0.25, 0.3) is 5.65 Å². The van der Waals surface area contributed by atoms with Crippen LogP contribution in [0.3, 0.4) is 0 Å². The summed E-state index contributed by atoms with van der Waals surface area (Å²) in [7, 11) is 0. The van der Waals surface area contributed by atoms with Crippen LogP contribution in [0.15, 0.2) is 42.6 Å². The predicted octanol–water partition coefficient (Wildman–Crippen LogP) is 3.24. The Morgan fingerprint density at radius 2 is 2.12 bits per heavy atom. The molecule has 7 heteroatoms. The first-order valence-corrected chi connectivity index (χ1v) is 8.23. The molecule has 0 bridgehead atoms. The molecular weight excluding hydrogens is 321 g/mol. The number of amides is 2. The van der Waals surface area contributed by atoms with Crippen molar-refractivity contribution in [2.75, 3.05) is 5.32 Å². The minimum atomic E-state index is -0.251. The van der Waals surface area contributed by atoms with Crippen LogP contribution in [-0.4, -0.2) is 26.7 Å². The quantitative estimate of drug-likeness (QED) is 0.769. The number of hydrogen-bond donors (Lipinski definition) is 2. The summed E-state index contributed by atoms with van der Waals surface area (Å²) in [5, 5.41) is 9.97. The van der Waals surface area contributed by atoms with Crippen molar-refractivity contribution in [3.05, 3.63) is 59.8 Å². The number of halogens is 1. The lowest BCUT2D eigenvalue weighted by atomic mass is 9.76. The van der Waals surface area contributed by atoms with Crippen LogP contribution < -0.4 is 10.6 Å². The molecule has 4 rings (SSSR count). The van der Waals surface area contributed by atoms with Crippen LogP contribution in [-0.2, 0) is 0 Å². The van der Waals surface area contributed by atoms with Gasteiger partial charge in [0.15, 0.2) is 5.65 Å².